The summed E-state index contributed by atoms with van der Waals surface area (Å²) >= 11 is 5.91. The molecule has 0 radical (unpaired) electrons. The maximum atomic E-state index is 12.5. The Morgan fingerprint density at radius 1 is 1.44 bits per heavy atom. The quantitative estimate of drug-likeness (QED) is 0.373. The normalized spacial score (nSPS) is 11.4. The van der Waals surface area contributed by atoms with Crippen LogP contribution < -0.4 is 16.1 Å². The van der Waals surface area contributed by atoms with Crippen LogP contribution in [0.1, 0.15) is 21.7 Å². The van der Waals surface area contributed by atoms with Gasteiger partial charge < -0.3 is 10.6 Å². The highest BCUT2D eigenvalue weighted by molar-refractivity contribution is 6.30. The number of nitrogens with one attached hydrogen (secondary N) is 2. The van der Waals surface area contributed by atoms with Crippen molar-refractivity contribution in [1.82, 2.24) is 30.7 Å². The van der Waals surface area contributed by atoms with Crippen LogP contribution in [0.4, 0.5) is 5.82 Å². The van der Waals surface area contributed by atoms with Gasteiger partial charge in [0.25, 0.3) is 5.91 Å². The van der Waals surface area contributed by atoms with E-state index in [-0.39, 0.29) is 17.3 Å². The van der Waals surface area contributed by atoms with Gasteiger partial charge in [-0.25, -0.2) is 10.1 Å². The lowest BCUT2D eigenvalue weighted by atomic mass is 10.2. The van der Waals surface area contributed by atoms with Crippen molar-refractivity contribution < 1.29 is 14.3 Å². The van der Waals surface area contributed by atoms with Gasteiger partial charge in [-0.1, -0.05) is 28.9 Å². The van der Waals surface area contributed by atoms with E-state index in [0.29, 0.717) is 17.3 Å². The van der Waals surface area contributed by atoms with E-state index in [1.807, 2.05) is 14.1 Å². The van der Waals surface area contributed by atoms with Crippen molar-refractivity contribution in [2.75, 3.05) is 19.8 Å². The number of carbonyl (C=O) groups is 1. The summed E-state index contributed by atoms with van der Waals surface area (Å²) in [5.41, 5.74) is 9.48. The Hall–Kier alpha value is -3.31. The second-order valence-corrected chi connectivity index (χ2v) is 6.34. The number of halogens is 1. The smallest absolute Gasteiger partial charge is 0.294 e. The molecule has 2 heterocycles. The highest BCUT2D eigenvalue weighted by Crippen LogP contribution is 2.15. The van der Waals surface area contributed by atoms with Gasteiger partial charge in [0.1, 0.15) is 12.2 Å². The molecule has 0 saturated carbocycles. The topological polar surface area (TPSA) is 142 Å². The number of quaternary nitrogens is 1. The average Bonchev–Trinajstić information content (AvgIpc) is 3.20. The molecule has 140 valence electrons. The highest BCUT2D eigenvalue weighted by Gasteiger charge is 2.25. The molecule has 0 unspecified atom stereocenters. The Balaban J connectivity index is 1.84. The zero-order valence-electron chi connectivity index (χ0n) is 14.5. The molecule has 1 aromatic carbocycles. The first-order chi connectivity index (χ1) is 13.0. The molecule has 0 aliphatic rings. The molecule has 2 aromatic heterocycles. The largest absolute Gasteiger partial charge is 0.378 e. The van der Waals surface area contributed by atoms with Crippen LogP contribution in [0.3, 0.4) is 0 Å². The van der Waals surface area contributed by atoms with Crippen LogP contribution >= 0.6 is 11.6 Å². The number of hydrogen-bond donors (Lipinski definition) is 3. The number of hydrogen-bond acceptors (Lipinski definition) is 8. The third-order valence-corrected chi connectivity index (χ3v) is 3.66. The summed E-state index contributed by atoms with van der Waals surface area (Å²) in [5.74, 6) is -0.313. The maximum Gasteiger partial charge on any atom is 0.294 e. The summed E-state index contributed by atoms with van der Waals surface area (Å²) < 4.78 is 5.93. The van der Waals surface area contributed by atoms with Gasteiger partial charge >= 0.3 is 0 Å². The molecule has 0 aliphatic carbocycles. The van der Waals surface area contributed by atoms with Gasteiger partial charge in [0.2, 0.25) is 11.6 Å². The van der Waals surface area contributed by atoms with Crippen molar-refractivity contribution >= 4 is 29.5 Å². The first kappa shape index (κ1) is 18.5. The van der Waals surface area contributed by atoms with Crippen LogP contribution in [0.15, 0.2) is 34.0 Å². The van der Waals surface area contributed by atoms with Gasteiger partial charge in [0, 0.05) is 5.02 Å². The number of carbonyl (C=O) groups excluding carboxylic acids is 1. The lowest BCUT2D eigenvalue weighted by Crippen LogP contribution is -3.04. The molecule has 0 saturated heterocycles. The molecule has 1 amide bonds. The summed E-state index contributed by atoms with van der Waals surface area (Å²) in [6, 6.07) is 7.05. The standard InChI is InChI=1S/C15H16ClN9O2/c1-24(2)8-11-12(19-23-25(11)14-13(17)21-27-22-14)15(26)20-18-7-9-4-3-5-10(16)6-9/h3-7H,8H2,1-2H3,(H2,17,21)(H,20,26)/p+1/b18-7-. The highest BCUT2D eigenvalue weighted by atomic mass is 35.5. The van der Waals surface area contributed by atoms with Crippen LogP contribution in [0.5, 0.6) is 0 Å². The van der Waals surface area contributed by atoms with E-state index in [1.54, 1.807) is 24.3 Å². The lowest BCUT2D eigenvalue weighted by molar-refractivity contribution is -0.873. The third-order valence-electron chi connectivity index (χ3n) is 3.42. The predicted octanol–water partition coefficient (Wildman–Crippen LogP) is -0.706. The Labute approximate surface area is 158 Å². The predicted molar refractivity (Wildman–Crippen MR) is 96.7 cm³/mol. The van der Waals surface area contributed by atoms with E-state index >= 15 is 0 Å². The van der Waals surface area contributed by atoms with Crippen molar-refractivity contribution in [3.63, 3.8) is 0 Å². The van der Waals surface area contributed by atoms with Gasteiger partial charge in [-0.15, -0.1) is 5.10 Å². The Morgan fingerprint density at radius 2 is 2.26 bits per heavy atom. The lowest BCUT2D eigenvalue weighted by Gasteiger charge is -2.08. The van der Waals surface area contributed by atoms with Crippen molar-refractivity contribution in [2.24, 2.45) is 5.10 Å². The molecular formula is C15H17ClN9O2+. The number of amides is 1. The summed E-state index contributed by atoms with van der Waals surface area (Å²) in [7, 11) is 3.83. The zero-order valence-corrected chi connectivity index (χ0v) is 15.3. The number of nitrogens with two attached hydrogens (primary N) is 1. The van der Waals surface area contributed by atoms with Gasteiger partial charge in [-0.2, -0.15) is 9.78 Å². The van der Waals surface area contributed by atoms with Gasteiger partial charge in [0.05, 0.1) is 20.3 Å². The molecule has 0 fully saturated rings. The van der Waals surface area contributed by atoms with Gasteiger partial charge in [-0.3, -0.25) is 4.79 Å². The second-order valence-electron chi connectivity index (χ2n) is 5.91. The maximum absolute atomic E-state index is 12.5. The summed E-state index contributed by atoms with van der Waals surface area (Å²) in [6.45, 7) is 0.431. The van der Waals surface area contributed by atoms with E-state index < -0.39 is 5.91 Å². The summed E-state index contributed by atoms with van der Waals surface area (Å²) in [5, 5.41) is 19.6. The van der Waals surface area contributed by atoms with Crippen molar-refractivity contribution in [2.45, 2.75) is 6.54 Å². The minimum atomic E-state index is -0.522. The first-order valence-corrected chi connectivity index (χ1v) is 8.24. The Bertz CT molecular complexity index is 979. The minimum absolute atomic E-state index is 0.0424. The number of nitrogens with zero attached hydrogens (tertiary/aromatic N) is 6. The van der Waals surface area contributed by atoms with Gasteiger partial charge in [0.15, 0.2) is 5.69 Å². The summed E-state index contributed by atoms with van der Waals surface area (Å²) in [4.78, 5) is 13.5. The number of nitrogen functional groups attached to an aromatic ring is 1. The van der Waals surface area contributed by atoms with E-state index in [2.05, 4.69) is 35.8 Å². The van der Waals surface area contributed by atoms with E-state index in [9.17, 15) is 4.79 Å². The number of benzene rings is 1. The molecule has 4 N–H and O–H groups in total. The molecular weight excluding hydrogens is 374 g/mol. The van der Waals surface area contributed by atoms with Crippen LogP contribution in [-0.4, -0.2) is 51.5 Å². The SMILES string of the molecule is C[NH+](C)Cc1c(C(=O)N/N=C\c2cccc(Cl)c2)nnn1-c1nonc1N. The minimum Gasteiger partial charge on any atom is -0.378 e. The summed E-state index contributed by atoms with van der Waals surface area (Å²) in [6.07, 6.45) is 1.48. The van der Waals surface area contributed by atoms with Crippen molar-refractivity contribution in [3.05, 3.63) is 46.2 Å². The van der Waals surface area contributed by atoms with Crippen LogP contribution in [0.2, 0.25) is 5.02 Å². The Morgan fingerprint density at radius 3 is 2.93 bits per heavy atom. The molecule has 3 rings (SSSR count). The third kappa shape index (κ3) is 4.27. The average molecular weight is 391 g/mol. The van der Waals surface area contributed by atoms with Crippen molar-refractivity contribution in [1.29, 1.82) is 0 Å². The first-order valence-electron chi connectivity index (χ1n) is 7.86. The molecule has 12 heteroatoms. The molecule has 0 atom stereocenters. The van der Waals surface area contributed by atoms with E-state index in [1.165, 1.54) is 10.9 Å². The zero-order chi connectivity index (χ0) is 19.4. The fourth-order valence-electron chi connectivity index (χ4n) is 2.28. The van der Waals surface area contributed by atoms with Crippen LogP contribution in [0.25, 0.3) is 5.82 Å². The fourth-order valence-corrected chi connectivity index (χ4v) is 2.48. The second kappa shape index (κ2) is 7.93. The Kier molecular flexibility index (Phi) is 5.43. The van der Waals surface area contributed by atoms with E-state index in [4.69, 9.17) is 17.3 Å². The number of hydrazone groups is 1. The van der Waals surface area contributed by atoms with Crippen LogP contribution in [0, 0.1) is 0 Å². The van der Waals surface area contributed by atoms with Crippen LogP contribution in [-0.2, 0) is 6.54 Å². The molecule has 27 heavy (non-hydrogen) atoms. The monoisotopic (exact) mass is 390 g/mol. The van der Waals surface area contributed by atoms with E-state index in [0.717, 1.165) is 10.5 Å². The number of rotatable bonds is 6. The molecule has 11 nitrogen and oxygen atoms in total. The van der Waals surface area contributed by atoms with Crippen molar-refractivity contribution in [3.8, 4) is 5.82 Å². The molecule has 0 aliphatic heterocycles. The number of aromatic nitrogens is 5. The van der Waals surface area contributed by atoms with Gasteiger partial charge in [-0.05, 0) is 28.0 Å². The molecule has 0 bridgehead atoms. The fraction of sp³-hybridized carbons (Fsp3) is 0.200. The molecule has 0 spiro atoms. The number of anilines is 1. The molecule has 3 aromatic rings.